The van der Waals surface area contributed by atoms with Gasteiger partial charge in [-0.25, -0.2) is 4.39 Å². The molecule has 1 aliphatic heterocycles. The molecule has 2 aromatic carbocycles. The molecular formula is C23H23FN4O4. The molecule has 166 valence electrons. The minimum Gasteiger partial charge on any atom is -0.378 e. The minimum absolute atomic E-state index is 0.0538. The van der Waals surface area contributed by atoms with E-state index in [9.17, 15) is 29.1 Å². The molecule has 8 nitrogen and oxygen atoms in total. The first-order chi connectivity index (χ1) is 15.3. The Morgan fingerprint density at radius 2 is 1.88 bits per heavy atom. The van der Waals surface area contributed by atoms with Gasteiger partial charge in [-0.05, 0) is 36.2 Å². The first-order valence-corrected chi connectivity index (χ1v) is 10.0. The average molecular weight is 438 g/mol. The highest BCUT2D eigenvalue weighted by atomic mass is 19.1. The summed E-state index contributed by atoms with van der Waals surface area (Å²) in [5, 5.41) is 22.5. The summed E-state index contributed by atoms with van der Waals surface area (Å²) in [5.41, 5.74) is 0.820. The van der Waals surface area contributed by atoms with Crippen molar-refractivity contribution < 1.29 is 23.9 Å². The summed E-state index contributed by atoms with van der Waals surface area (Å²) in [6.45, 7) is -0.319. The Morgan fingerprint density at radius 3 is 2.50 bits per heavy atom. The Kier molecular flexibility index (Phi) is 7.18. The van der Waals surface area contributed by atoms with Crippen molar-refractivity contribution in [3.8, 4) is 6.07 Å². The van der Waals surface area contributed by atoms with E-state index in [0.29, 0.717) is 5.69 Å². The number of amides is 3. The van der Waals surface area contributed by atoms with Crippen LogP contribution in [0.15, 0.2) is 54.6 Å². The molecule has 1 fully saturated rings. The third-order valence-corrected chi connectivity index (χ3v) is 5.35. The van der Waals surface area contributed by atoms with Crippen LogP contribution in [0.25, 0.3) is 0 Å². The second-order valence-electron chi connectivity index (χ2n) is 7.63. The van der Waals surface area contributed by atoms with Crippen molar-refractivity contribution >= 4 is 23.4 Å². The van der Waals surface area contributed by atoms with E-state index in [1.165, 1.54) is 24.1 Å². The maximum Gasteiger partial charge on any atom is 0.256 e. The maximum atomic E-state index is 13.1. The highest BCUT2D eigenvalue weighted by molar-refractivity contribution is 5.94. The number of rotatable bonds is 6. The molecule has 0 aliphatic carbocycles. The summed E-state index contributed by atoms with van der Waals surface area (Å²) in [4.78, 5) is 40.2. The lowest BCUT2D eigenvalue weighted by Gasteiger charge is -2.25. The SMILES string of the molecule is CN(CC(=O)N1CC(C(=O)Nc2ccccc2)CC1C#N)C(=O)[C@H](O)c1ccc(F)cc1. The van der Waals surface area contributed by atoms with Crippen LogP contribution in [0, 0.1) is 23.1 Å². The number of likely N-dealkylation sites (N-methyl/N-ethyl adjacent to an activating group) is 1. The molecule has 0 spiro atoms. The number of halogens is 1. The fourth-order valence-corrected chi connectivity index (χ4v) is 3.56. The Balaban J connectivity index is 1.60. The van der Waals surface area contributed by atoms with Crippen LogP contribution in [0.1, 0.15) is 18.1 Å². The number of nitrogens with zero attached hydrogens (tertiary/aromatic N) is 3. The molecule has 1 aliphatic rings. The van der Waals surface area contributed by atoms with Crippen LogP contribution >= 0.6 is 0 Å². The summed E-state index contributed by atoms with van der Waals surface area (Å²) in [6, 6.07) is 14.9. The van der Waals surface area contributed by atoms with Crippen molar-refractivity contribution in [2.24, 2.45) is 5.92 Å². The van der Waals surface area contributed by atoms with Crippen molar-refractivity contribution in [3.63, 3.8) is 0 Å². The highest BCUT2D eigenvalue weighted by Crippen LogP contribution is 2.25. The number of aliphatic hydroxyl groups is 1. The third kappa shape index (κ3) is 5.28. The number of nitriles is 1. The molecule has 0 radical (unpaired) electrons. The normalized spacial score (nSPS) is 18.5. The summed E-state index contributed by atoms with van der Waals surface area (Å²) in [7, 11) is 1.35. The van der Waals surface area contributed by atoms with Crippen molar-refractivity contribution in [2.45, 2.75) is 18.6 Å². The summed E-state index contributed by atoms with van der Waals surface area (Å²) in [5.74, 6) is -2.60. The molecule has 2 N–H and O–H groups in total. The van der Waals surface area contributed by atoms with Crippen LogP contribution in [-0.4, -0.2) is 58.8 Å². The number of hydrogen-bond donors (Lipinski definition) is 2. The van der Waals surface area contributed by atoms with E-state index in [0.717, 1.165) is 17.0 Å². The van der Waals surface area contributed by atoms with Crippen LogP contribution in [0.3, 0.4) is 0 Å². The van der Waals surface area contributed by atoms with E-state index in [1.807, 2.05) is 12.1 Å². The minimum atomic E-state index is -1.55. The molecule has 32 heavy (non-hydrogen) atoms. The van der Waals surface area contributed by atoms with Crippen LogP contribution in [0.2, 0.25) is 0 Å². The van der Waals surface area contributed by atoms with Gasteiger partial charge >= 0.3 is 0 Å². The number of aliphatic hydroxyl groups excluding tert-OH is 1. The number of para-hydroxylation sites is 1. The molecule has 3 atom stereocenters. The molecule has 2 aromatic rings. The number of carbonyl (C=O) groups excluding carboxylic acids is 3. The van der Waals surface area contributed by atoms with Gasteiger partial charge in [0.25, 0.3) is 5.91 Å². The number of nitrogens with one attached hydrogen (secondary N) is 1. The van der Waals surface area contributed by atoms with Gasteiger partial charge in [-0.15, -0.1) is 0 Å². The van der Waals surface area contributed by atoms with E-state index >= 15 is 0 Å². The molecule has 0 bridgehead atoms. The Labute approximate surface area is 184 Å². The monoisotopic (exact) mass is 438 g/mol. The van der Waals surface area contributed by atoms with Gasteiger partial charge in [0, 0.05) is 19.3 Å². The first-order valence-electron chi connectivity index (χ1n) is 10.0. The first kappa shape index (κ1) is 22.9. The van der Waals surface area contributed by atoms with Crippen LogP contribution in [-0.2, 0) is 14.4 Å². The molecule has 1 heterocycles. The van der Waals surface area contributed by atoms with E-state index in [2.05, 4.69) is 5.32 Å². The molecule has 3 rings (SSSR count). The van der Waals surface area contributed by atoms with Crippen LogP contribution in [0.5, 0.6) is 0 Å². The van der Waals surface area contributed by atoms with Crippen molar-refractivity contribution in [2.75, 3.05) is 25.5 Å². The lowest BCUT2D eigenvalue weighted by atomic mass is 10.1. The number of benzene rings is 2. The number of anilines is 1. The zero-order valence-corrected chi connectivity index (χ0v) is 17.4. The number of likely N-dealkylation sites (tertiary alicyclic amines) is 1. The second kappa shape index (κ2) is 10.0. The molecule has 0 aromatic heterocycles. The van der Waals surface area contributed by atoms with Gasteiger partial charge in [0.2, 0.25) is 11.8 Å². The fourth-order valence-electron chi connectivity index (χ4n) is 3.56. The lowest BCUT2D eigenvalue weighted by Crippen LogP contribution is -2.44. The van der Waals surface area contributed by atoms with E-state index < -0.39 is 35.7 Å². The highest BCUT2D eigenvalue weighted by Gasteiger charge is 2.39. The topological polar surface area (TPSA) is 114 Å². The fraction of sp³-hybridized carbons (Fsp3) is 0.304. The van der Waals surface area contributed by atoms with Crippen molar-refractivity contribution in [1.29, 1.82) is 5.26 Å². The molecular weight excluding hydrogens is 415 g/mol. The van der Waals surface area contributed by atoms with Crippen LogP contribution in [0.4, 0.5) is 10.1 Å². The predicted molar refractivity (Wildman–Crippen MR) is 113 cm³/mol. The molecule has 0 saturated carbocycles. The molecule has 1 saturated heterocycles. The zero-order valence-electron chi connectivity index (χ0n) is 17.4. The number of carbonyl (C=O) groups is 3. The average Bonchev–Trinajstić information content (AvgIpc) is 3.24. The second-order valence-corrected chi connectivity index (χ2v) is 7.63. The summed E-state index contributed by atoms with van der Waals surface area (Å²) < 4.78 is 13.1. The maximum absolute atomic E-state index is 13.1. The molecule has 2 unspecified atom stereocenters. The number of hydrogen-bond acceptors (Lipinski definition) is 5. The Bertz CT molecular complexity index is 1020. The van der Waals surface area contributed by atoms with E-state index in [-0.39, 0.29) is 31.0 Å². The van der Waals surface area contributed by atoms with Crippen LogP contribution < -0.4 is 5.32 Å². The van der Waals surface area contributed by atoms with E-state index in [4.69, 9.17) is 0 Å². The largest absolute Gasteiger partial charge is 0.378 e. The Hall–Kier alpha value is -3.77. The van der Waals surface area contributed by atoms with Gasteiger partial charge in [-0.2, -0.15) is 5.26 Å². The zero-order chi connectivity index (χ0) is 23.3. The predicted octanol–water partition coefficient (Wildman–Crippen LogP) is 1.70. The van der Waals surface area contributed by atoms with Crippen molar-refractivity contribution in [3.05, 3.63) is 66.0 Å². The van der Waals surface area contributed by atoms with E-state index in [1.54, 1.807) is 24.3 Å². The van der Waals surface area contributed by atoms with Gasteiger partial charge in [0.15, 0.2) is 6.10 Å². The lowest BCUT2D eigenvalue weighted by molar-refractivity contribution is -0.145. The standard InChI is InChI=1S/C23H23FN4O4/c1-27(23(32)21(30)15-7-9-17(24)10-8-15)14-20(29)28-13-16(11-19(28)12-25)22(31)26-18-5-3-2-4-6-18/h2-10,16,19,21,30H,11,13-14H2,1H3,(H,26,31)/t16?,19?,21-/m1/s1. The summed E-state index contributed by atoms with van der Waals surface area (Å²) in [6.07, 6.45) is -1.36. The van der Waals surface area contributed by atoms with Crippen molar-refractivity contribution in [1.82, 2.24) is 9.80 Å². The summed E-state index contributed by atoms with van der Waals surface area (Å²) >= 11 is 0. The quantitative estimate of drug-likeness (QED) is 0.713. The van der Waals surface area contributed by atoms with Gasteiger partial charge < -0.3 is 20.2 Å². The Morgan fingerprint density at radius 1 is 1.22 bits per heavy atom. The molecule has 9 heteroatoms. The smallest absolute Gasteiger partial charge is 0.256 e. The van der Waals surface area contributed by atoms with Gasteiger partial charge in [0.1, 0.15) is 11.9 Å². The third-order valence-electron chi connectivity index (χ3n) is 5.35. The van der Waals surface area contributed by atoms with Gasteiger partial charge in [-0.1, -0.05) is 30.3 Å². The van der Waals surface area contributed by atoms with Gasteiger partial charge in [0.05, 0.1) is 18.5 Å². The molecule has 3 amide bonds. The van der Waals surface area contributed by atoms with Gasteiger partial charge in [-0.3, -0.25) is 14.4 Å².